The molecule has 24 heavy (non-hydrogen) atoms. The van der Waals surface area contributed by atoms with Crippen molar-refractivity contribution in [1.29, 1.82) is 0 Å². The van der Waals surface area contributed by atoms with Gasteiger partial charge in [0.2, 0.25) is 11.6 Å². The van der Waals surface area contributed by atoms with E-state index in [0.29, 0.717) is 0 Å². The number of ether oxygens (including phenoxy) is 1. The third-order valence-corrected chi connectivity index (χ3v) is 3.84. The van der Waals surface area contributed by atoms with Crippen LogP contribution in [0.3, 0.4) is 0 Å². The highest BCUT2D eigenvalue weighted by Crippen LogP contribution is 2.34. The number of fused-ring (bicyclic) bond motifs is 1. The van der Waals surface area contributed by atoms with Crippen LogP contribution in [0.4, 0.5) is 17.6 Å². The highest BCUT2D eigenvalue weighted by Gasteiger charge is 2.30. The van der Waals surface area contributed by atoms with Crippen molar-refractivity contribution >= 4 is 32.9 Å². The van der Waals surface area contributed by atoms with E-state index in [-0.39, 0.29) is 11.5 Å². The molecule has 0 spiro atoms. The fourth-order valence-electron chi connectivity index (χ4n) is 2.22. The van der Waals surface area contributed by atoms with Gasteiger partial charge < -0.3 is 9.15 Å². The van der Waals surface area contributed by atoms with Gasteiger partial charge in [0.1, 0.15) is 17.1 Å². The second-order valence-corrected chi connectivity index (χ2v) is 5.75. The summed E-state index contributed by atoms with van der Waals surface area (Å²) in [4.78, 5) is 12.3. The Morgan fingerprint density at radius 3 is 2.21 bits per heavy atom. The van der Waals surface area contributed by atoms with Crippen LogP contribution in [0.2, 0.25) is 0 Å². The first-order valence-electron chi connectivity index (χ1n) is 6.54. The maximum absolute atomic E-state index is 14.0. The van der Waals surface area contributed by atoms with Crippen molar-refractivity contribution in [3.05, 3.63) is 63.3 Å². The van der Waals surface area contributed by atoms with Crippen molar-refractivity contribution in [2.24, 2.45) is 0 Å². The number of halogens is 5. The number of rotatable bonds is 2. The minimum Gasteiger partial charge on any atom is -0.457 e. The summed E-state index contributed by atoms with van der Waals surface area (Å²) in [5.74, 6) is -8.66. The lowest BCUT2D eigenvalue weighted by molar-refractivity contribution is 0.0734. The molecule has 0 bridgehead atoms. The van der Waals surface area contributed by atoms with Gasteiger partial charge in [-0.3, -0.25) is 0 Å². The van der Waals surface area contributed by atoms with Gasteiger partial charge in [0.05, 0.1) is 5.39 Å². The average molecular weight is 403 g/mol. The Balaban J connectivity index is 2.14. The maximum atomic E-state index is 14.0. The minimum atomic E-state index is -2.03. The molecule has 0 atom stereocenters. The van der Waals surface area contributed by atoms with Gasteiger partial charge in [-0.05, 0) is 31.2 Å². The Bertz CT molecular complexity index is 964. The first kappa shape index (κ1) is 16.5. The molecule has 0 saturated carbocycles. The van der Waals surface area contributed by atoms with Crippen molar-refractivity contribution in [1.82, 2.24) is 0 Å². The van der Waals surface area contributed by atoms with Crippen LogP contribution >= 0.6 is 15.9 Å². The average Bonchev–Trinajstić information content (AvgIpc) is 2.90. The summed E-state index contributed by atoms with van der Waals surface area (Å²) < 4.78 is 65.1. The van der Waals surface area contributed by atoms with E-state index >= 15 is 0 Å². The summed E-state index contributed by atoms with van der Waals surface area (Å²) in [6, 6.07) is 6.10. The van der Waals surface area contributed by atoms with Gasteiger partial charge in [-0.25, -0.2) is 18.0 Å². The molecule has 0 aliphatic carbocycles. The van der Waals surface area contributed by atoms with E-state index < -0.39 is 45.8 Å². The third-order valence-electron chi connectivity index (χ3n) is 3.31. The molecule has 0 aliphatic heterocycles. The molecule has 0 N–H and O–H groups in total. The largest absolute Gasteiger partial charge is 0.457 e. The Labute approximate surface area is 140 Å². The van der Waals surface area contributed by atoms with E-state index in [1.54, 1.807) is 12.1 Å². The van der Waals surface area contributed by atoms with Gasteiger partial charge in [-0.1, -0.05) is 15.9 Å². The van der Waals surface area contributed by atoms with E-state index in [9.17, 15) is 22.4 Å². The smallest absolute Gasteiger partial charge is 0.347 e. The lowest BCUT2D eigenvalue weighted by Crippen LogP contribution is -2.10. The molecule has 124 valence electrons. The molecule has 3 nitrogen and oxygen atoms in total. The van der Waals surface area contributed by atoms with Gasteiger partial charge in [-0.15, -0.1) is 0 Å². The second kappa shape index (κ2) is 5.94. The summed E-state index contributed by atoms with van der Waals surface area (Å²) in [5.41, 5.74) is -1.39. The molecule has 0 saturated heterocycles. The van der Waals surface area contributed by atoms with Crippen molar-refractivity contribution in [2.45, 2.75) is 6.92 Å². The van der Waals surface area contributed by atoms with Crippen LogP contribution in [-0.4, -0.2) is 5.97 Å². The Morgan fingerprint density at radius 2 is 1.58 bits per heavy atom. The molecule has 0 aliphatic rings. The number of esters is 1. The van der Waals surface area contributed by atoms with Gasteiger partial charge in [0.25, 0.3) is 0 Å². The van der Waals surface area contributed by atoms with E-state index in [4.69, 9.17) is 9.15 Å². The fraction of sp³-hybridized carbons (Fsp3) is 0.0625. The number of hydrogen-bond donors (Lipinski definition) is 0. The lowest BCUT2D eigenvalue weighted by atomic mass is 10.1. The third kappa shape index (κ3) is 2.56. The first-order chi connectivity index (χ1) is 11.3. The van der Waals surface area contributed by atoms with Crippen molar-refractivity contribution in [3.63, 3.8) is 0 Å². The van der Waals surface area contributed by atoms with Crippen LogP contribution < -0.4 is 4.74 Å². The summed E-state index contributed by atoms with van der Waals surface area (Å²) in [6.45, 7) is 1.23. The first-order valence-corrected chi connectivity index (χ1v) is 7.33. The fourth-order valence-corrected chi connectivity index (χ4v) is 2.48. The van der Waals surface area contributed by atoms with Crippen LogP contribution in [0.25, 0.3) is 11.0 Å². The predicted octanol–water partition coefficient (Wildman–Crippen LogP) is 5.28. The molecule has 8 heteroatoms. The van der Waals surface area contributed by atoms with Crippen molar-refractivity contribution < 1.29 is 31.5 Å². The topological polar surface area (TPSA) is 39.4 Å². The molecule has 0 amide bonds. The minimum absolute atomic E-state index is 0.125. The van der Waals surface area contributed by atoms with Crippen LogP contribution in [-0.2, 0) is 0 Å². The summed E-state index contributed by atoms with van der Waals surface area (Å²) in [7, 11) is 0. The van der Waals surface area contributed by atoms with Gasteiger partial charge >= 0.3 is 5.97 Å². The molecule has 1 heterocycles. The quantitative estimate of drug-likeness (QED) is 0.192. The number of hydrogen-bond acceptors (Lipinski definition) is 3. The summed E-state index contributed by atoms with van der Waals surface area (Å²) in [6.07, 6.45) is 0. The molecule has 3 aromatic rings. The monoisotopic (exact) mass is 402 g/mol. The highest BCUT2D eigenvalue weighted by molar-refractivity contribution is 9.10. The zero-order valence-corrected chi connectivity index (χ0v) is 13.5. The van der Waals surface area contributed by atoms with Crippen LogP contribution in [0.15, 0.2) is 33.2 Å². The number of carbonyl (C=O) groups is 1. The number of benzene rings is 2. The van der Waals surface area contributed by atoms with E-state index in [0.717, 1.165) is 4.47 Å². The van der Waals surface area contributed by atoms with Crippen molar-refractivity contribution in [3.8, 4) is 5.75 Å². The molecule has 0 radical (unpaired) electrons. The van der Waals surface area contributed by atoms with E-state index in [1.807, 2.05) is 0 Å². The van der Waals surface area contributed by atoms with Crippen LogP contribution in [0.1, 0.15) is 16.1 Å². The number of carbonyl (C=O) groups excluding carboxylic acids is 1. The molecule has 1 aromatic heterocycles. The molecule has 0 fully saturated rings. The standard InChI is InChI=1S/C16H7BrF4O3/c1-6-9(16(22)24-8-4-2-7(17)3-5-8)10-11(18)12(19)13(20)14(21)15(10)23-6/h2-5H,1H3. The maximum Gasteiger partial charge on any atom is 0.347 e. The van der Waals surface area contributed by atoms with Crippen LogP contribution in [0, 0.1) is 30.2 Å². The summed E-state index contributed by atoms with van der Waals surface area (Å²) in [5, 5.41) is -0.800. The van der Waals surface area contributed by atoms with E-state index in [2.05, 4.69) is 15.9 Å². The SMILES string of the molecule is Cc1oc2c(F)c(F)c(F)c(F)c2c1C(=O)Oc1ccc(Br)cc1. The van der Waals surface area contributed by atoms with Crippen molar-refractivity contribution in [2.75, 3.05) is 0 Å². The Hall–Kier alpha value is -2.35. The van der Waals surface area contributed by atoms with E-state index in [1.165, 1.54) is 19.1 Å². The zero-order valence-electron chi connectivity index (χ0n) is 11.9. The molecular formula is C16H7BrF4O3. The normalized spacial score (nSPS) is 11.1. The van der Waals surface area contributed by atoms with Gasteiger partial charge in [0, 0.05) is 4.47 Å². The van der Waals surface area contributed by atoms with Gasteiger partial charge in [-0.2, -0.15) is 4.39 Å². The molecule has 0 unspecified atom stereocenters. The predicted molar refractivity (Wildman–Crippen MR) is 79.9 cm³/mol. The second-order valence-electron chi connectivity index (χ2n) is 4.84. The van der Waals surface area contributed by atoms with Crippen LogP contribution in [0.5, 0.6) is 5.75 Å². The molecule has 3 rings (SSSR count). The Morgan fingerprint density at radius 1 is 1.00 bits per heavy atom. The zero-order chi connectivity index (χ0) is 17.6. The number of furan rings is 1. The molecular weight excluding hydrogens is 396 g/mol. The number of aryl methyl sites for hydroxylation is 1. The summed E-state index contributed by atoms with van der Waals surface area (Å²) >= 11 is 3.20. The van der Waals surface area contributed by atoms with Gasteiger partial charge in [0.15, 0.2) is 17.2 Å². The Kier molecular flexibility index (Phi) is 4.08. The lowest BCUT2D eigenvalue weighted by Gasteiger charge is -2.05. The highest BCUT2D eigenvalue weighted by atomic mass is 79.9. The molecule has 2 aromatic carbocycles.